The number of hydrogen-bond donors (Lipinski definition) is 1. The largest absolute Gasteiger partial charge is 0.362 e. The van der Waals surface area contributed by atoms with E-state index in [1.807, 2.05) is 27.7 Å². The molecule has 0 aliphatic heterocycles. The van der Waals surface area contributed by atoms with Crippen LogP contribution in [0.1, 0.15) is 27.7 Å². The molecule has 13 heavy (non-hydrogen) atoms. The molecule has 0 aromatic carbocycles. The van der Waals surface area contributed by atoms with Crippen LogP contribution in [0.2, 0.25) is 0 Å². The summed E-state index contributed by atoms with van der Waals surface area (Å²) in [5.74, 6) is 0. The topological polar surface area (TPSA) is 12.0 Å². The number of rotatable bonds is 3. The summed E-state index contributed by atoms with van der Waals surface area (Å²) in [6.45, 7) is 21.2. The maximum Gasteiger partial charge on any atom is 0.0359 e. The zero-order valence-electron chi connectivity index (χ0n) is 9.48. The molecule has 0 aromatic rings. The van der Waals surface area contributed by atoms with Gasteiger partial charge < -0.3 is 5.32 Å². The number of hydrogen-bond acceptors (Lipinski definition) is 1. The molecule has 0 heterocycles. The van der Waals surface area contributed by atoms with Gasteiger partial charge in [-0.05, 0) is 26.1 Å². The monoisotopic (exact) mass is 181 g/mol. The van der Waals surface area contributed by atoms with E-state index in [9.17, 15) is 0 Å². The minimum atomic E-state index is 1.03. The Morgan fingerprint density at radius 1 is 1.08 bits per heavy atom. The van der Waals surface area contributed by atoms with E-state index in [1.165, 1.54) is 5.57 Å². The molecule has 0 spiro atoms. The first kappa shape index (κ1) is 17.7. The second-order valence-corrected chi connectivity index (χ2v) is 1.97. The Bertz CT molecular complexity index is 151. The highest BCUT2D eigenvalue weighted by Gasteiger charge is 1.86. The van der Waals surface area contributed by atoms with Crippen molar-refractivity contribution in [3.63, 3.8) is 0 Å². The van der Waals surface area contributed by atoms with Crippen LogP contribution in [-0.4, -0.2) is 0 Å². The summed E-state index contributed by atoms with van der Waals surface area (Å²) < 4.78 is 0. The van der Waals surface area contributed by atoms with Crippen LogP contribution < -0.4 is 5.32 Å². The van der Waals surface area contributed by atoms with Gasteiger partial charge in [-0.3, -0.25) is 0 Å². The van der Waals surface area contributed by atoms with E-state index >= 15 is 0 Å². The molecule has 0 aliphatic carbocycles. The first-order valence-electron chi connectivity index (χ1n) is 4.39. The minimum Gasteiger partial charge on any atom is -0.362 e. The molecular formula is C12H23N. The lowest BCUT2D eigenvalue weighted by atomic mass is 10.2. The molecule has 0 bridgehead atoms. The van der Waals surface area contributed by atoms with Crippen LogP contribution in [0.5, 0.6) is 0 Å². The smallest absolute Gasteiger partial charge is 0.0359 e. The highest BCUT2D eigenvalue weighted by molar-refractivity contribution is 5.20. The van der Waals surface area contributed by atoms with Gasteiger partial charge in [-0.25, -0.2) is 0 Å². The Balaban J connectivity index is -0.000000218. The predicted octanol–water partition coefficient (Wildman–Crippen LogP) is 4.03. The van der Waals surface area contributed by atoms with Crippen molar-refractivity contribution in [1.29, 1.82) is 0 Å². The van der Waals surface area contributed by atoms with Crippen LogP contribution in [0.3, 0.4) is 0 Å². The third-order valence-electron chi connectivity index (χ3n) is 1.00. The highest BCUT2D eigenvalue weighted by Crippen LogP contribution is 1.98. The van der Waals surface area contributed by atoms with E-state index in [-0.39, 0.29) is 0 Å². The molecule has 0 aromatic heterocycles. The van der Waals surface area contributed by atoms with Crippen LogP contribution in [0, 0.1) is 0 Å². The molecule has 1 N–H and O–H groups in total. The second kappa shape index (κ2) is 17.0. The van der Waals surface area contributed by atoms with Crippen molar-refractivity contribution >= 4 is 0 Å². The fraction of sp³-hybridized carbons (Fsp3) is 0.333. The third kappa shape index (κ3) is 13.7. The van der Waals surface area contributed by atoms with Crippen LogP contribution >= 0.6 is 0 Å². The van der Waals surface area contributed by atoms with Crippen LogP contribution in [0.15, 0.2) is 49.9 Å². The lowest BCUT2D eigenvalue weighted by Gasteiger charge is -2.01. The van der Waals surface area contributed by atoms with Crippen molar-refractivity contribution in [2.75, 3.05) is 0 Å². The molecule has 0 amide bonds. The first-order chi connectivity index (χ1) is 6.22. The second-order valence-electron chi connectivity index (χ2n) is 1.97. The van der Waals surface area contributed by atoms with Gasteiger partial charge in [-0.1, -0.05) is 32.6 Å². The Morgan fingerprint density at radius 3 is 1.54 bits per heavy atom. The van der Waals surface area contributed by atoms with Gasteiger partial charge in [0.2, 0.25) is 0 Å². The molecular weight excluding hydrogens is 158 g/mol. The Labute approximate surface area is 83.6 Å². The van der Waals surface area contributed by atoms with Gasteiger partial charge in [0.05, 0.1) is 0 Å². The molecule has 1 heteroatoms. The quantitative estimate of drug-likeness (QED) is 0.512. The predicted molar refractivity (Wildman–Crippen MR) is 64.5 cm³/mol. The van der Waals surface area contributed by atoms with Crippen molar-refractivity contribution < 1.29 is 0 Å². The molecule has 0 rings (SSSR count). The van der Waals surface area contributed by atoms with E-state index in [4.69, 9.17) is 0 Å². The van der Waals surface area contributed by atoms with Gasteiger partial charge >= 0.3 is 0 Å². The fourth-order valence-electron chi connectivity index (χ4n) is 0.517. The van der Waals surface area contributed by atoms with Gasteiger partial charge in [0.15, 0.2) is 0 Å². The summed E-state index contributed by atoms with van der Waals surface area (Å²) in [5, 5.41) is 2.96. The van der Waals surface area contributed by atoms with Gasteiger partial charge in [-0.2, -0.15) is 0 Å². The normalized spacial score (nSPS) is 6.15. The fourth-order valence-corrected chi connectivity index (χ4v) is 0.517. The van der Waals surface area contributed by atoms with E-state index in [2.05, 4.69) is 31.6 Å². The maximum absolute atomic E-state index is 3.63. The van der Waals surface area contributed by atoms with Crippen molar-refractivity contribution in [1.82, 2.24) is 5.32 Å². The van der Waals surface area contributed by atoms with Gasteiger partial charge in [0.25, 0.3) is 0 Å². The molecule has 0 atom stereocenters. The highest BCUT2D eigenvalue weighted by atomic mass is 14.8. The van der Waals surface area contributed by atoms with E-state index in [0.29, 0.717) is 0 Å². The Kier molecular flexibility index (Phi) is 23.2. The summed E-state index contributed by atoms with van der Waals surface area (Å²) >= 11 is 0. The van der Waals surface area contributed by atoms with E-state index in [1.54, 1.807) is 12.3 Å². The molecule has 1 nitrogen and oxygen atoms in total. The van der Waals surface area contributed by atoms with E-state index < -0.39 is 0 Å². The molecule has 0 aliphatic rings. The van der Waals surface area contributed by atoms with Crippen molar-refractivity contribution in [3.8, 4) is 0 Å². The molecule has 0 unspecified atom stereocenters. The lowest BCUT2D eigenvalue weighted by molar-refractivity contribution is 1.07. The Morgan fingerprint density at radius 2 is 1.46 bits per heavy atom. The molecule has 76 valence electrons. The van der Waals surface area contributed by atoms with Crippen molar-refractivity contribution in [2.24, 2.45) is 0 Å². The zero-order valence-corrected chi connectivity index (χ0v) is 9.48. The van der Waals surface area contributed by atoms with Crippen molar-refractivity contribution in [3.05, 3.63) is 49.9 Å². The average molecular weight is 181 g/mol. The molecule has 0 radical (unpaired) electrons. The van der Waals surface area contributed by atoms with Crippen LogP contribution in [-0.2, 0) is 0 Å². The summed E-state index contributed by atoms with van der Waals surface area (Å²) in [5.41, 5.74) is 2.25. The summed E-state index contributed by atoms with van der Waals surface area (Å²) in [7, 11) is 0. The van der Waals surface area contributed by atoms with Gasteiger partial charge in [-0.15, -0.1) is 13.2 Å². The minimum absolute atomic E-state index is 1.03. The Hall–Kier alpha value is -1.24. The van der Waals surface area contributed by atoms with Crippen LogP contribution in [0.4, 0.5) is 0 Å². The van der Waals surface area contributed by atoms with Gasteiger partial charge in [0.1, 0.15) is 0 Å². The molecule has 0 fully saturated rings. The SMILES string of the molecule is C=C.C=CNC(C=C)=C(C)C.CC. The van der Waals surface area contributed by atoms with Gasteiger partial charge in [0, 0.05) is 5.70 Å². The summed E-state index contributed by atoms with van der Waals surface area (Å²) in [4.78, 5) is 0. The summed E-state index contributed by atoms with van der Waals surface area (Å²) in [6.07, 6.45) is 3.42. The number of nitrogens with one attached hydrogen (secondary N) is 1. The standard InChI is InChI=1S/C8H13N.C2H6.C2H4/c1-5-8(7(3)4)9-6-2;2*1-2/h5-6,9H,1-2H2,3-4H3;1-2H3;1-2H2. The average Bonchev–Trinajstić information content (AvgIpc) is 2.20. The molecule has 0 saturated carbocycles. The zero-order chi connectivity index (χ0) is 11.3. The molecule has 0 saturated heterocycles. The first-order valence-corrected chi connectivity index (χ1v) is 4.39. The maximum atomic E-state index is 3.63. The third-order valence-corrected chi connectivity index (χ3v) is 1.00. The number of allylic oxidation sites excluding steroid dienone is 2. The summed E-state index contributed by atoms with van der Waals surface area (Å²) in [6, 6.07) is 0. The van der Waals surface area contributed by atoms with E-state index in [0.717, 1.165) is 5.70 Å². The van der Waals surface area contributed by atoms with Crippen LogP contribution in [0.25, 0.3) is 0 Å². The van der Waals surface area contributed by atoms with Crippen molar-refractivity contribution in [2.45, 2.75) is 27.7 Å². The lowest BCUT2D eigenvalue weighted by Crippen LogP contribution is -2.02.